The maximum Gasteiger partial charge on any atom is 0.0949 e. The van der Waals surface area contributed by atoms with Crippen LogP contribution in [0.15, 0.2) is 41.5 Å². The molecule has 2 aromatic rings. The quantitative estimate of drug-likeness (QED) is 0.801. The van der Waals surface area contributed by atoms with Crippen LogP contribution >= 0.6 is 15.9 Å². The Bertz CT molecular complexity index is 384. The lowest BCUT2D eigenvalue weighted by Crippen LogP contribution is -1.98. The Morgan fingerprint density at radius 3 is 3.00 bits per heavy atom. The highest BCUT2D eigenvalue weighted by atomic mass is 79.9. The van der Waals surface area contributed by atoms with Crippen LogP contribution in [0, 0.1) is 0 Å². The van der Waals surface area contributed by atoms with E-state index in [0.29, 0.717) is 0 Å². The molecule has 0 atom stereocenters. The third kappa shape index (κ3) is 2.15. The van der Waals surface area contributed by atoms with Gasteiger partial charge in [-0.05, 0) is 12.1 Å². The molecule has 2 aromatic heterocycles. The maximum absolute atomic E-state index is 4.24. The first kappa shape index (κ1) is 8.44. The Morgan fingerprint density at radius 2 is 2.31 bits per heavy atom. The molecule has 0 N–H and O–H groups in total. The van der Waals surface area contributed by atoms with E-state index >= 15 is 0 Å². The van der Waals surface area contributed by atoms with E-state index in [0.717, 1.165) is 16.7 Å². The van der Waals surface area contributed by atoms with Gasteiger partial charge in [0.05, 0.1) is 18.6 Å². The van der Waals surface area contributed by atoms with Gasteiger partial charge in [0.2, 0.25) is 0 Å². The van der Waals surface area contributed by atoms with Gasteiger partial charge in [0.25, 0.3) is 0 Å². The second-order valence-corrected chi connectivity index (χ2v) is 3.62. The number of hydrogen-bond donors (Lipinski definition) is 0. The van der Waals surface area contributed by atoms with Gasteiger partial charge < -0.3 is 4.57 Å². The standard InChI is InChI=1S/C9H8BrN3/c10-8-1-2-12-9(5-8)6-13-4-3-11-7-13/h1-5,7H,6H2. The number of aromatic nitrogens is 3. The summed E-state index contributed by atoms with van der Waals surface area (Å²) >= 11 is 3.40. The van der Waals surface area contributed by atoms with Crippen LogP contribution in [-0.4, -0.2) is 14.5 Å². The second-order valence-electron chi connectivity index (χ2n) is 2.70. The first-order valence-corrected chi connectivity index (χ1v) is 4.70. The summed E-state index contributed by atoms with van der Waals surface area (Å²) in [5.41, 5.74) is 1.02. The predicted octanol–water partition coefficient (Wildman–Crippen LogP) is 2.09. The summed E-state index contributed by atoms with van der Waals surface area (Å²) in [7, 11) is 0. The molecule has 0 radical (unpaired) electrons. The zero-order chi connectivity index (χ0) is 9.10. The molecule has 3 nitrogen and oxygen atoms in total. The Kier molecular flexibility index (Phi) is 2.40. The third-order valence-electron chi connectivity index (χ3n) is 1.68. The van der Waals surface area contributed by atoms with Crippen LogP contribution in [0.3, 0.4) is 0 Å². The van der Waals surface area contributed by atoms with E-state index in [1.807, 2.05) is 22.9 Å². The summed E-state index contributed by atoms with van der Waals surface area (Å²) in [6, 6.07) is 3.91. The zero-order valence-corrected chi connectivity index (χ0v) is 8.48. The molecular weight excluding hydrogens is 230 g/mol. The Labute approximate surface area is 84.6 Å². The third-order valence-corrected chi connectivity index (χ3v) is 2.18. The predicted molar refractivity (Wildman–Crippen MR) is 53.3 cm³/mol. The van der Waals surface area contributed by atoms with Gasteiger partial charge >= 0.3 is 0 Å². The van der Waals surface area contributed by atoms with Gasteiger partial charge in [0.15, 0.2) is 0 Å². The summed E-state index contributed by atoms with van der Waals surface area (Å²) in [6.45, 7) is 0.763. The van der Waals surface area contributed by atoms with Crippen LogP contribution in [0.4, 0.5) is 0 Å². The summed E-state index contributed by atoms with van der Waals surface area (Å²) in [5, 5.41) is 0. The van der Waals surface area contributed by atoms with Crippen LogP contribution in [-0.2, 0) is 6.54 Å². The summed E-state index contributed by atoms with van der Waals surface area (Å²) in [5.74, 6) is 0. The molecule has 0 bridgehead atoms. The van der Waals surface area contributed by atoms with E-state index in [2.05, 4.69) is 25.9 Å². The normalized spacial score (nSPS) is 10.2. The maximum atomic E-state index is 4.24. The largest absolute Gasteiger partial charge is 0.331 e. The van der Waals surface area contributed by atoms with Crippen LogP contribution in [0.2, 0.25) is 0 Å². The van der Waals surface area contributed by atoms with Gasteiger partial charge in [-0.3, -0.25) is 4.98 Å². The number of pyridine rings is 1. The molecule has 2 rings (SSSR count). The Morgan fingerprint density at radius 1 is 1.38 bits per heavy atom. The fourth-order valence-corrected chi connectivity index (χ4v) is 1.49. The van der Waals surface area contributed by atoms with Gasteiger partial charge in [-0.25, -0.2) is 4.98 Å². The average molecular weight is 238 g/mol. The summed E-state index contributed by atoms with van der Waals surface area (Å²) in [6.07, 6.45) is 7.25. The number of hydrogen-bond acceptors (Lipinski definition) is 2. The minimum atomic E-state index is 0.763. The number of nitrogens with zero attached hydrogens (tertiary/aromatic N) is 3. The highest BCUT2D eigenvalue weighted by Gasteiger charge is 1.95. The van der Waals surface area contributed by atoms with Crippen LogP contribution in [0.25, 0.3) is 0 Å². The van der Waals surface area contributed by atoms with Gasteiger partial charge in [0.1, 0.15) is 0 Å². The van der Waals surface area contributed by atoms with E-state index in [4.69, 9.17) is 0 Å². The molecule has 66 valence electrons. The molecule has 0 aromatic carbocycles. The van der Waals surface area contributed by atoms with E-state index in [1.54, 1.807) is 18.7 Å². The van der Waals surface area contributed by atoms with Gasteiger partial charge in [-0.15, -0.1) is 0 Å². The van der Waals surface area contributed by atoms with E-state index in [9.17, 15) is 0 Å². The number of rotatable bonds is 2. The first-order chi connectivity index (χ1) is 6.34. The van der Waals surface area contributed by atoms with Crippen molar-refractivity contribution in [3.63, 3.8) is 0 Å². The van der Waals surface area contributed by atoms with Crippen LogP contribution < -0.4 is 0 Å². The fourth-order valence-electron chi connectivity index (χ4n) is 1.10. The monoisotopic (exact) mass is 237 g/mol. The molecule has 13 heavy (non-hydrogen) atoms. The first-order valence-electron chi connectivity index (χ1n) is 3.91. The summed E-state index contributed by atoms with van der Waals surface area (Å²) in [4.78, 5) is 8.20. The molecule has 0 unspecified atom stereocenters. The smallest absolute Gasteiger partial charge is 0.0949 e. The van der Waals surface area contributed by atoms with Crippen molar-refractivity contribution in [1.29, 1.82) is 0 Å². The average Bonchev–Trinajstić information content (AvgIpc) is 2.57. The molecule has 0 saturated carbocycles. The van der Waals surface area contributed by atoms with Crippen molar-refractivity contribution >= 4 is 15.9 Å². The molecule has 0 aliphatic carbocycles. The Hall–Kier alpha value is -1.16. The van der Waals surface area contributed by atoms with Crippen LogP contribution in [0.5, 0.6) is 0 Å². The lowest BCUT2D eigenvalue weighted by atomic mass is 10.3. The van der Waals surface area contributed by atoms with E-state index < -0.39 is 0 Å². The lowest BCUT2D eigenvalue weighted by molar-refractivity contribution is 0.772. The molecule has 0 fully saturated rings. The van der Waals surface area contributed by atoms with Crippen molar-refractivity contribution in [3.8, 4) is 0 Å². The van der Waals surface area contributed by atoms with Gasteiger partial charge in [0, 0.05) is 23.1 Å². The SMILES string of the molecule is Brc1ccnc(Cn2ccnc2)c1. The van der Waals surface area contributed by atoms with Crippen molar-refractivity contribution in [2.45, 2.75) is 6.54 Å². The molecule has 0 amide bonds. The van der Waals surface area contributed by atoms with Crippen LogP contribution in [0.1, 0.15) is 5.69 Å². The highest BCUT2D eigenvalue weighted by molar-refractivity contribution is 9.10. The molecule has 0 spiro atoms. The van der Waals surface area contributed by atoms with Crippen molar-refractivity contribution in [2.75, 3.05) is 0 Å². The number of imidazole rings is 1. The molecule has 2 heterocycles. The molecule has 0 saturated heterocycles. The van der Waals surface area contributed by atoms with Crippen molar-refractivity contribution in [1.82, 2.24) is 14.5 Å². The van der Waals surface area contributed by atoms with Crippen molar-refractivity contribution in [2.24, 2.45) is 0 Å². The minimum absolute atomic E-state index is 0.763. The van der Waals surface area contributed by atoms with Gasteiger partial charge in [-0.1, -0.05) is 15.9 Å². The molecule has 0 aliphatic heterocycles. The second kappa shape index (κ2) is 3.70. The van der Waals surface area contributed by atoms with E-state index in [1.165, 1.54) is 0 Å². The zero-order valence-electron chi connectivity index (χ0n) is 6.89. The minimum Gasteiger partial charge on any atom is -0.331 e. The summed E-state index contributed by atoms with van der Waals surface area (Å²) < 4.78 is 3.03. The van der Waals surface area contributed by atoms with Crippen molar-refractivity contribution in [3.05, 3.63) is 47.2 Å². The molecule has 0 aliphatic rings. The number of halogens is 1. The van der Waals surface area contributed by atoms with Gasteiger partial charge in [-0.2, -0.15) is 0 Å². The topological polar surface area (TPSA) is 30.7 Å². The molecule has 4 heteroatoms. The van der Waals surface area contributed by atoms with Crippen molar-refractivity contribution < 1.29 is 0 Å². The Balaban J connectivity index is 2.19. The molecular formula is C9H8BrN3. The highest BCUT2D eigenvalue weighted by Crippen LogP contribution is 2.09. The van der Waals surface area contributed by atoms with E-state index in [-0.39, 0.29) is 0 Å². The fraction of sp³-hybridized carbons (Fsp3) is 0.111. The lowest BCUT2D eigenvalue weighted by Gasteiger charge is -2.01.